The first-order valence-corrected chi connectivity index (χ1v) is 6.64. The van der Waals surface area contributed by atoms with Crippen molar-refractivity contribution in [3.05, 3.63) is 35.1 Å². The third kappa shape index (κ3) is 2.31. The zero-order valence-corrected chi connectivity index (χ0v) is 10.7. The van der Waals surface area contributed by atoms with Crippen molar-refractivity contribution in [3.63, 3.8) is 0 Å². The van der Waals surface area contributed by atoms with Gasteiger partial charge in [-0.3, -0.25) is 0 Å². The molecule has 6 heteroatoms. The van der Waals surface area contributed by atoms with Crippen molar-refractivity contribution in [1.29, 1.82) is 0 Å². The van der Waals surface area contributed by atoms with Crippen molar-refractivity contribution in [2.24, 2.45) is 0 Å². The van der Waals surface area contributed by atoms with E-state index in [9.17, 15) is 22.7 Å². The van der Waals surface area contributed by atoms with Crippen LogP contribution < -0.4 is 5.32 Å². The number of alkyl halides is 3. The first-order valence-electron chi connectivity index (χ1n) is 6.64. The van der Waals surface area contributed by atoms with Crippen LogP contribution in [0.4, 0.5) is 17.6 Å². The van der Waals surface area contributed by atoms with E-state index in [1.807, 2.05) is 0 Å². The average molecular weight is 289 g/mol. The topological polar surface area (TPSA) is 32.3 Å². The van der Waals surface area contributed by atoms with Crippen molar-refractivity contribution in [2.45, 2.75) is 49.5 Å². The lowest BCUT2D eigenvalue weighted by molar-refractivity contribution is -0.137. The van der Waals surface area contributed by atoms with Crippen LogP contribution in [0.5, 0.6) is 0 Å². The quantitative estimate of drug-likeness (QED) is 0.779. The molecule has 0 spiro atoms. The highest BCUT2D eigenvalue weighted by Gasteiger charge is 2.45. The molecule has 2 unspecified atom stereocenters. The van der Waals surface area contributed by atoms with Crippen molar-refractivity contribution < 1.29 is 22.7 Å². The Morgan fingerprint density at radius 3 is 2.30 bits per heavy atom. The van der Waals surface area contributed by atoms with Crippen LogP contribution in [0.1, 0.15) is 36.8 Å². The molecule has 2 nitrogen and oxygen atoms in total. The van der Waals surface area contributed by atoms with Gasteiger partial charge in [0.25, 0.3) is 0 Å². The number of piperidine rings is 1. The molecule has 1 aromatic rings. The lowest BCUT2D eigenvalue weighted by atomic mass is 9.80. The van der Waals surface area contributed by atoms with E-state index in [1.165, 1.54) is 0 Å². The van der Waals surface area contributed by atoms with Crippen LogP contribution in [-0.2, 0) is 11.8 Å². The summed E-state index contributed by atoms with van der Waals surface area (Å²) in [5.41, 5.74) is -2.67. The molecule has 2 aliphatic heterocycles. The fourth-order valence-electron chi connectivity index (χ4n) is 3.40. The Morgan fingerprint density at radius 2 is 1.75 bits per heavy atom. The van der Waals surface area contributed by atoms with Crippen LogP contribution >= 0.6 is 0 Å². The summed E-state index contributed by atoms with van der Waals surface area (Å²) in [4.78, 5) is 0. The maximum atomic E-state index is 13.9. The van der Waals surface area contributed by atoms with Crippen LogP contribution in [0.2, 0.25) is 0 Å². The minimum absolute atomic E-state index is 0.0488. The highest BCUT2D eigenvalue weighted by atomic mass is 19.4. The standard InChI is InChI=1S/C14H15F4NO/c15-12-4-1-8(14(16,17)18)5-11(12)13(20)6-9-2-3-10(7-13)19-9/h1,4-5,9-10,19-20H,2-3,6-7H2. The van der Waals surface area contributed by atoms with E-state index in [0.717, 1.165) is 25.0 Å². The normalized spacial score (nSPS) is 33.5. The Balaban J connectivity index is 2.00. The number of hydrogen-bond donors (Lipinski definition) is 2. The van der Waals surface area contributed by atoms with E-state index in [1.54, 1.807) is 0 Å². The molecule has 20 heavy (non-hydrogen) atoms. The van der Waals surface area contributed by atoms with Gasteiger partial charge in [-0.2, -0.15) is 13.2 Å². The first kappa shape index (κ1) is 13.8. The molecule has 0 aliphatic carbocycles. The predicted molar refractivity (Wildman–Crippen MR) is 64.5 cm³/mol. The van der Waals surface area contributed by atoms with Crippen LogP contribution in [0.25, 0.3) is 0 Å². The Morgan fingerprint density at radius 1 is 1.15 bits per heavy atom. The monoisotopic (exact) mass is 289 g/mol. The van der Waals surface area contributed by atoms with Gasteiger partial charge in [0.1, 0.15) is 5.82 Å². The lowest BCUT2D eigenvalue weighted by Crippen LogP contribution is -2.47. The zero-order valence-electron chi connectivity index (χ0n) is 10.7. The average Bonchev–Trinajstić information content (AvgIpc) is 2.68. The van der Waals surface area contributed by atoms with E-state index in [4.69, 9.17) is 0 Å². The summed E-state index contributed by atoms with van der Waals surface area (Å²) < 4.78 is 52.1. The van der Waals surface area contributed by atoms with Gasteiger partial charge in [-0.25, -0.2) is 4.39 Å². The van der Waals surface area contributed by atoms with E-state index < -0.39 is 23.2 Å². The summed E-state index contributed by atoms with van der Waals surface area (Å²) in [6.07, 6.45) is -2.30. The molecule has 0 amide bonds. The highest BCUT2D eigenvalue weighted by molar-refractivity contribution is 5.32. The Labute approximate surface area is 113 Å². The van der Waals surface area contributed by atoms with Gasteiger partial charge in [-0.1, -0.05) is 0 Å². The second-order valence-corrected chi connectivity index (χ2v) is 5.77. The Kier molecular flexibility index (Phi) is 3.06. The van der Waals surface area contributed by atoms with Gasteiger partial charge in [0.05, 0.1) is 11.2 Å². The summed E-state index contributed by atoms with van der Waals surface area (Å²) >= 11 is 0. The number of fused-ring (bicyclic) bond motifs is 2. The maximum absolute atomic E-state index is 13.9. The highest BCUT2D eigenvalue weighted by Crippen LogP contribution is 2.43. The molecule has 2 N–H and O–H groups in total. The third-order valence-electron chi connectivity index (χ3n) is 4.30. The molecular formula is C14H15F4NO. The second kappa shape index (κ2) is 4.43. The molecule has 2 heterocycles. The number of nitrogens with one attached hydrogen (secondary N) is 1. The Bertz CT molecular complexity index is 516. The van der Waals surface area contributed by atoms with Crippen molar-refractivity contribution >= 4 is 0 Å². The third-order valence-corrected chi connectivity index (χ3v) is 4.30. The van der Waals surface area contributed by atoms with Crippen LogP contribution in [0.3, 0.4) is 0 Å². The van der Waals surface area contributed by atoms with Gasteiger partial charge in [-0.15, -0.1) is 0 Å². The SMILES string of the molecule is OC1(c2cc(C(F)(F)F)ccc2F)CC2CCC(C1)N2. The molecule has 2 bridgehead atoms. The van der Waals surface area contributed by atoms with E-state index in [0.29, 0.717) is 6.07 Å². The van der Waals surface area contributed by atoms with Crippen LogP contribution in [0, 0.1) is 5.82 Å². The summed E-state index contributed by atoms with van der Waals surface area (Å²) in [7, 11) is 0. The molecular weight excluding hydrogens is 274 g/mol. The van der Waals surface area contributed by atoms with Gasteiger partial charge < -0.3 is 10.4 Å². The minimum Gasteiger partial charge on any atom is -0.385 e. The molecule has 0 aromatic heterocycles. The van der Waals surface area contributed by atoms with Gasteiger partial charge >= 0.3 is 6.18 Å². The predicted octanol–water partition coefficient (Wildman–Crippen LogP) is 2.95. The smallest absolute Gasteiger partial charge is 0.385 e. The number of hydrogen-bond acceptors (Lipinski definition) is 2. The van der Waals surface area contributed by atoms with Gasteiger partial charge in [0.15, 0.2) is 0 Å². The molecule has 2 fully saturated rings. The Hall–Kier alpha value is -1.14. The number of aliphatic hydroxyl groups is 1. The number of benzene rings is 1. The second-order valence-electron chi connectivity index (χ2n) is 5.77. The lowest BCUT2D eigenvalue weighted by Gasteiger charge is -2.37. The molecule has 110 valence electrons. The van der Waals surface area contributed by atoms with Crippen LogP contribution in [-0.4, -0.2) is 17.2 Å². The molecule has 2 aliphatic rings. The largest absolute Gasteiger partial charge is 0.416 e. The first-order chi connectivity index (χ1) is 9.28. The molecule has 0 saturated carbocycles. The van der Waals surface area contributed by atoms with Crippen molar-refractivity contribution in [3.8, 4) is 0 Å². The summed E-state index contributed by atoms with van der Waals surface area (Å²) in [5, 5.41) is 13.9. The molecule has 1 aromatic carbocycles. The molecule has 2 saturated heterocycles. The fourth-order valence-corrected chi connectivity index (χ4v) is 3.40. The molecule has 2 atom stereocenters. The maximum Gasteiger partial charge on any atom is 0.416 e. The van der Waals surface area contributed by atoms with Gasteiger partial charge in [0, 0.05) is 17.6 Å². The van der Waals surface area contributed by atoms with E-state index in [2.05, 4.69) is 5.32 Å². The zero-order chi connectivity index (χ0) is 14.5. The summed E-state index contributed by atoms with van der Waals surface area (Å²) in [6.45, 7) is 0. The molecule has 3 rings (SSSR count). The van der Waals surface area contributed by atoms with Crippen molar-refractivity contribution in [2.75, 3.05) is 0 Å². The van der Waals surface area contributed by atoms with Crippen LogP contribution in [0.15, 0.2) is 18.2 Å². The minimum atomic E-state index is -4.54. The molecule has 0 radical (unpaired) electrons. The van der Waals surface area contributed by atoms with E-state index >= 15 is 0 Å². The summed E-state index contributed by atoms with van der Waals surface area (Å²) in [5.74, 6) is -0.776. The summed E-state index contributed by atoms with van der Waals surface area (Å²) in [6, 6.07) is 2.35. The van der Waals surface area contributed by atoms with Crippen molar-refractivity contribution in [1.82, 2.24) is 5.32 Å². The van der Waals surface area contributed by atoms with Gasteiger partial charge in [-0.05, 0) is 43.9 Å². The number of halogens is 4. The number of rotatable bonds is 1. The fraction of sp³-hybridized carbons (Fsp3) is 0.571. The van der Waals surface area contributed by atoms with Gasteiger partial charge in [0.2, 0.25) is 0 Å². The van der Waals surface area contributed by atoms with E-state index in [-0.39, 0.29) is 30.5 Å².